The van der Waals surface area contributed by atoms with Gasteiger partial charge in [0.1, 0.15) is 11.5 Å². The van der Waals surface area contributed by atoms with E-state index < -0.39 is 0 Å². The predicted octanol–water partition coefficient (Wildman–Crippen LogP) is 5.15. The maximum absolute atomic E-state index is 5.70. The standard InChI is InChI=1S/C25H35NO2/c1-5-15-26(16-9-12-20-10-7-6-8-11-20)23-18-22-21(17-19(23)2)24(27-3)13-14-25(22)28-4/h6-8,10-11,13-14,19,23H,5,9,12,15-18H2,1-4H3. The van der Waals surface area contributed by atoms with Gasteiger partial charge in [-0.3, -0.25) is 4.90 Å². The molecule has 0 spiro atoms. The fourth-order valence-corrected chi connectivity index (χ4v) is 4.70. The highest BCUT2D eigenvalue weighted by Crippen LogP contribution is 2.39. The number of methoxy groups -OCH3 is 2. The van der Waals surface area contributed by atoms with Crippen molar-refractivity contribution >= 4 is 0 Å². The number of nitrogens with zero attached hydrogens (tertiary/aromatic N) is 1. The average Bonchev–Trinajstić information content (AvgIpc) is 2.72. The van der Waals surface area contributed by atoms with Crippen LogP contribution in [-0.2, 0) is 19.3 Å². The minimum absolute atomic E-state index is 0.559. The van der Waals surface area contributed by atoms with Crippen LogP contribution in [0.25, 0.3) is 0 Å². The smallest absolute Gasteiger partial charge is 0.122 e. The fraction of sp³-hybridized carbons (Fsp3) is 0.520. The maximum atomic E-state index is 5.70. The Labute approximate surface area is 170 Å². The lowest BCUT2D eigenvalue weighted by Crippen LogP contribution is -2.45. The molecule has 0 saturated carbocycles. The summed E-state index contributed by atoms with van der Waals surface area (Å²) in [4.78, 5) is 2.72. The van der Waals surface area contributed by atoms with Crippen molar-refractivity contribution in [1.82, 2.24) is 4.90 Å². The molecule has 3 rings (SSSR count). The molecule has 1 aliphatic carbocycles. The molecule has 2 aromatic rings. The van der Waals surface area contributed by atoms with Gasteiger partial charge in [-0.15, -0.1) is 0 Å². The summed E-state index contributed by atoms with van der Waals surface area (Å²) < 4.78 is 11.3. The molecule has 0 aromatic heterocycles. The highest BCUT2D eigenvalue weighted by atomic mass is 16.5. The number of rotatable bonds is 9. The van der Waals surface area contributed by atoms with Gasteiger partial charge in [-0.25, -0.2) is 0 Å². The zero-order valence-corrected chi connectivity index (χ0v) is 17.9. The van der Waals surface area contributed by atoms with Gasteiger partial charge in [-0.1, -0.05) is 44.2 Å². The molecule has 0 aliphatic heterocycles. The summed E-state index contributed by atoms with van der Waals surface area (Å²) in [6.07, 6.45) is 5.64. The maximum Gasteiger partial charge on any atom is 0.122 e. The van der Waals surface area contributed by atoms with Crippen molar-refractivity contribution in [2.24, 2.45) is 5.92 Å². The van der Waals surface area contributed by atoms with Crippen molar-refractivity contribution in [2.75, 3.05) is 27.3 Å². The minimum Gasteiger partial charge on any atom is -0.496 e. The molecule has 0 amide bonds. The highest BCUT2D eigenvalue weighted by Gasteiger charge is 2.33. The second-order valence-corrected chi connectivity index (χ2v) is 8.01. The number of hydrogen-bond acceptors (Lipinski definition) is 3. The van der Waals surface area contributed by atoms with Gasteiger partial charge in [0.2, 0.25) is 0 Å². The summed E-state index contributed by atoms with van der Waals surface area (Å²) in [7, 11) is 3.55. The van der Waals surface area contributed by atoms with Gasteiger partial charge in [0.25, 0.3) is 0 Å². The Bertz CT molecular complexity index is 744. The third-order valence-electron chi connectivity index (χ3n) is 6.11. The molecule has 2 aromatic carbocycles. The van der Waals surface area contributed by atoms with Crippen LogP contribution >= 0.6 is 0 Å². The second-order valence-electron chi connectivity index (χ2n) is 8.01. The molecule has 3 heteroatoms. The van der Waals surface area contributed by atoms with Crippen molar-refractivity contribution in [1.29, 1.82) is 0 Å². The van der Waals surface area contributed by atoms with E-state index in [9.17, 15) is 0 Å². The molecule has 0 radical (unpaired) electrons. The SMILES string of the molecule is CCCN(CCCc1ccccc1)C1Cc2c(OC)ccc(OC)c2CC1C. The molecule has 0 N–H and O–H groups in total. The Kier molecular flexibility index (Phi) is 7.38. The van der Waals surface area contributed by atoms with Gasteiger partial charge in [-0.05, 0) is 68.8 Å². The Morgan fingerprint density at radius 2 is 1.54 bits per heavy atom. The van der Waals surface area contributed by atoms with Gasteiger partial charge in [0, 0.05) is 17.2 Å². The summed E-state index contributed by atoms with van der Waals surface area (Å²) in [5.74, 6) is 2.62. The third-order valence-corrected chi connectivity index (χ3v) is 6.11. The quantitative estimate of drug-likeness (QED) is 0.599. The first kappa shape index (κ1) is 20.7. The molecule has 2 unspecified atom stereocenters. The van der Waals surface area contributed by atoms with Crippen molar-refractivity contribution in [3.05, 3.63) is 59.2 Å². The largest absolute Gasteiger partial charge is 0.496 e. The molecular weight excluding hydrogens is 346 g/mol. The normalized spacial score (nSPS) is 18.8. The molecule has 3 nitrogen and oxygen atoms in total. The Hall–Kier alpha value is -2.00. The summed E-state index contributed by atoms with van der Waals surface area (Å²) >= 11 is 0. The van der Waals surface area contributed by atoms with Crippen LogP contribution in [0.3, 0.4) is 0 Å². The van der Waals surface area contributed by atoms with Crippen LogP contribution in [0.1, 0.15) is 43.4 Å². The van der Waals surface area contributed by atoms with Crippen LogP contribution in [0.15, 0.2) is 42.5 Å². The van der Waals surface area contributed by atoms with E-state index in [2.05, 4.69) is 55.1 Å². The van der Waals surface area contributed by atoms with E-state index in [1.54, 1.807) is 14.2 Å². The molecule has 0 fully saturated rings. The molecular formula is C25H35NO2. The van der Waals surface area contributed by atoms with E-state index in [1.165, 1.54) is 29.5 Å². The first-order chi connectivity index (χ1) is 13.7. The average molecular weight is 382 g/mol. The number of benzene rings is 2. The lowest BCUT2D eigenvalue weighted by molar-refractivity contribution is 0.135. The molecule has 0 heterocycles. The van der Waals surface area contributed by atoms with Crippen LogP contribution in [-0.4, -0.2) is 38.3 Å². The Morgan fingerprint density at radius 1 is 0.893 bits per heavy atom. The van der Waals surface area contributed by atoms with E-state index in [0.29, 0.717) is 12.0 Å². The fourth-order valence-electron chi connectivity index (χ4n) is 4.70. The highest BCUT2D eigenvalue weighted by molar-refractivity contribution is 5.50. The predicted molar refractivity (Wildman–Crippen MR) is 117 cm³/mol. The number of ether oxygens (including phenoxy) is 2. The summed E-state index contributed by atoms with van der Waals surface area (Å²) in [5, 5.41) is 0. The topological polar surface area (TPSA) is 21.7 Å². The first-order valence-electron chi connectivity index (χ1n) is 10.7. The van der Waals surface area contributed by atoms with Crippen molar-refractivity contribution in [2.45, 2.75) is 52.0 Å². The van der Waals surface area contributed by atoms with Crippen molar-refractivity contribution in [3.63, 3.8) is 0 Å². The third kappa shape index (κ3) is 4.70. The molecule has 152 valence electrons. The lowest BCUT2D eigenvalue weighted by Gasteiger charge is -2.40. The molecule has 0 saturated heterocycles. The van der Waals surface area contributed by atoms with Gasteiger partial charge in [0.05, 0.1) is 14.2 Å². The van der Waals surface area contributed by atoms with E-state index in [4.69, 9.17) is 9.47 Å². The number of hydrogen-bond donors (Lipinski definition) is 0. The summed E-state index contributed by atoms with van der Waals surface area (Å²) in [6, 6.07) is 15.5. The van der Waals surface area contributed by atoms with Crippen molar-refractivity contribution < 1.29 is 9.47 Å². The van der Waals surface area contributed by atoms with Gasteiger partial charge < -0.3 is 9.47 Å². The van der Waals surface area contributed by atoms with Crippen molar-refractivity contribution in [3.8, 4) is 11.5 Å². The van der Waals surface area contributed by atoms with E-state index in [1.807, 2.05) is 6.07 Å². The zero-order valence-electron chi connectivity index (χ0n) is 17.9. The van der Waals surface area contributed by atoms with Crippen LogP contribution in [0, 0.1) is 5.92 Å². The molecule has 28 heavy (non-hydrogen) atoms. The summed E-state index contributed by atoms with van der Waals surface area (Å²) in [5.41, 5.74) is 4.12. The van der Waals surface area contributed by atoms with Gasteiger partial charge in [0.15, 0.2) is 0 Å². The number of aryl methyl sites for hydroxylation is 1. The first-order valence-corrected chi connectivity index (χ1v) is 10.7. The van der Waals surface area contributed by atoms with Crippen LogP contribution in [0.5, 0.6) is 11.5 Å². The van der Waals surface area contributed by atoms with E-state index in [-0.39, 0.29) is 0 Å². The monoisotopic (exact) mass is 381 g/mol. The summed E-state index contributed by atoms with van der Waals surface area (Å²) in [6.45, 7) is 6.99. The lowest BCUT2D eigenvalue weighted by atomic mass is 9.79. The number of fused-ring (bicyclic) bond motifs is 1. The second kappa shape index (κ2) is 9.97. The van der Waals surface area contributed by atoms with Crippen LogP contribution < -0.4 is 9.47 Å². The molecule has 0 bridgehead atoms. The molecule has 2 atom stereocenters. The van der Waals surface area contributed by atoms with Crippen LogP contribution in [0.4, 0.5) is 0 Å². The Balaban J connectivity index is 1.74. The molecule has 1 aliphatic rings. The Morgan fingerprint density at radius 3 is 2.14 bits per heavy atom. The minimum atomic E-state index is 0.559. The van der Waals surface area contributed by atoms with Gasteiger partial charge >= 0.3 is 0 Å². The van der Waals surface area contributed by atoms with Gasteiger partial charge in [-0.2, -0.15) is 0 Å². The van der Waals surface area contributed by atoms with E-state index >= 15 is 0 Å². The van der Waals surface area contributed by atoms with Crippen LogP contribution in [0.2, 0.25) is 0 Å². The zero-order chi connectivity index (χ0) is 19.9. The van der Waals surface area contributed by atoms with E-state index in [0.717, 1.165) is 43.9 Å².